The fourth-order valence-electron chi connectivity index (χ4n) is 3.57. The molecule has 4 rings (SSSR count). The van der Waals surface area contributed by atoms with E-state index in [4.69, 9.17) is 4.74 Å². The summed E-state index contributed by atoms with van der Waals surface area (Å²) in [6.45, 7) is 3.75. The molecule has 0 bridgehead atoms. The van der Waals surface area contributed by atoms with E-state index >= 15 is 0 Å². The molecule has 4 heteroatoms. The summed E-state index contributed by atoms with van der Waals surface area (Å²) in [7, 11) is 0. The first kappa shape index (κ1) is 17.6. The maximum Gasteiger partial charge on any atom is 0.213 e. The van der Waals surface area contributed by atoms with Gasteiger partial charge in [0, 0.05) is 36.5 Å². The molecular weight excluding hydrogens is 336 g/mol. The van der Waals surface area contributed by atoms with Crippen LogP contribution in [0.2, 0.25) is 0 Å². The van der Waals surface area contributed by atoms with Gasteiger partial charge in [-0.3, -0.25) is 0 Å². The van der Waals surface area contributed by atoms with E-state index < -0.39 is 0 Å². The maximum atomic E-state index is 9.91. The molecule has 2 aromatic carbocycles. The summed E-state index contributed by atoms with van der Waals surface area (Å²) < 4.78 is 6.03. The predicted octanol–water partition coefficient (Wildman–Crippen LogP) is 4.21. The summed E-state index contributed by atoms with van der Waals surface area (Å²) in [5.74, 6) is 0.675. The summed E-state index contributed by atoms with van der Waals surface area (Å²) in [5, 5.41) is 9.91. The van der Waals surface area contributed by atoms with Gasteiger partial charge in [0.25, 0.3) is 0 Å². The molecule has 1 atom stereocenters. The minimum atomic E-state index is 0.0253. The number of hydrogen-bond acceptors (Lipinski definition) is 4. The molecule has 1 aromatic heterocycles. The van der Waals surface area contributed by atoms with Crippen molar-refractivity contribution >= 4 is 5.69 Å². The molecule has 1 saturated heterocycles. The van der Waals surface area contributed by atoms with Gasteiger partial charge < -0.3 is 14.7 Å². The van der Waals surface area contributed by atoms with Crippen LogP contribution in [0.4, 0.5) is 5.69 Å². The molecule has 0 aliphatic carbocycles. The molecule has 1 fully saturated rings. The number of aliphatic hydroxyl groups is 1. The van der Waals surface area contributed by atoms with Crippen LogP contribution in [-0.4, -0.2) is 29.3 Å². The molecule has 2 heterocycles. The quantitative estimate of drug-likeness (QED) is 0.740. The predicted molar refractivity (Wildman–Crippen MR) is 108 cm³/mol. The SMILES string of the molecule is Cc1ccc(O[C@H]2CCN(c3ccc(-c4ccccc4)cc3CO)C2)nc1. The molecular formula is C23H24N2O2. The van der Waals surface area contributed by atoms with E-state index in [9.17, 15) is 5.11 Å². The zero-order valence-electron chi connectivity index (χ0n) is 15.5. The van der Waals surface area contributed by atoms with Crippen LogP contribution in [0.3, 0.4) is 0 Å². The molecule has 138 valence electrons. The third-order valence-electron chi connectivity index (χ3n) is 5.01. The van der Waals surface area contributed by atoms with Crippen LogP contribution < -0.4 is 9.64 Å². The van der Waals surface area contributed by atoms with E-state index in [1.807, 2.05) is 43.5 Å². The molecule has 0 radical (unpaired) electrons. The smallest absolute Gasteiger partial charge is 0.213 e. The largest absolute Gasteiger partial charge is 0.472 e. The molecule has 4 nitrogen and oxygen atoms in total. The average molecular weight is 360 g/mol. The zero-order chi connectivity index (χ0) is 18.6. The van der Waals surface area contributed by atoms with Crippen LogP contribution in [0.5, 0.6) is 5.88 Å². The molecule has 1 aliphatic heterocycles. The number of aromatic nitrogens is 1. The Bertz CT molecular complexity index is 894. The van der Waals surface area contributed by atoms with Crippen molar-refractivity contribution in [3.05, 3.63) is 78.0 Å². The number of pyridine rings is 1. The molecule has 3 aromatic rings. The van der Waals surface area contributed by atoms with Crippen LogP contribution >= 0.6 is 0 Å². The van der Waals surface area contributed by atoms with Gasteiger partial charge in [0.1, 0.15) is 6.10 Å². The van der Waals surface area contributed by atoms with E-state index in [0.29, 0.717) is 5.88 Å². The van der Waals surface area contributed by atoms with Gasteiger partial charge in [-0.15, -0.1) is 0 Å². The van der Waals surface area contributed by atoms with Crippen molar-refractivity contribution in [3.8, 4) is 17.0 Å². The number of hydrogen-bond donors (Lipinski definition) is 1. The fraction of sp³-hybridized carbons (Fsp3) is 0.261. The van der Waals surface area contributed by atoms with Gasteiger partial charge in [-0.05, 0) is 35.7 Å². The lowest BCUT2D eigenvalue weighted by Gasteiger charge is -2.22. The number of anilines is 1. The number of rotatable bonds is 5. The normalized spacial score (nSPS) is 16.5. The van der Waals surface area contributed by atoms with Crippen LogP contribution in [0.25, 0.3) is 11.1 Å². The number of ether oxygens (including phenoxy) is 1. The van der Waals surface area contributed by atoms with Gasteiger partial charge >= 0.3 is 0 Å². The molecule has 1 N–H and O–H groups in total. The second-order valence-electron chi connectivity index (χ2n) is 7.02. The highest BCUT2D eigenvalue weighted by Gasteiger charge is 2.26. The fourth-order valence-corrected chi connectivity index (χ4v) is 3.57. The Morgan fingerprint density at radius 3 is 2.67 bits per heavy atom. The average Bonchev–Trinajstić information content (AvgIpc) is 3.18. The first-order chi connectivity index (χ1) is 13.2. The van der Waals surface area contributed by atoms with Gasteiger partial charge in [0.2, 0.25) is 5.88 Å². The lowest BCUT2D eigenvalue weighted by Crippen LogP contribution is -2.25. The Morgan fingerprint density at radius 2 is 1.93 bits per heavy atom. The molecule has 0 amide bonds. The second-order valence-corrected chi connectivity index (χ2v) is 7.02. The third-order valence-corrected chi connectivity index (χ3v) is 5.01. The Balaban J connectivity index is 1.49. The van der Waals surface area contributed by atoms with E-state index in [0.717, 1.165) is 47.5 Å². The van der Waals surface area contributed by atoms with Crippen molar-refractivity contribution in [1.82, 2.24) is 4.98 Å². The lowest BCUT2D eigenvalue weighted by atomic mass is 10.0. The van der Waals surface area contributed by atoms with E-state index in [-0.39, 0.29) is 12.7 Å². The molecule has 1 aliphatic rings. The molecule has 0 spiro atoms. The molecule has 0 unspecified atom stereocenters. The van der Waals surface area contributed by atoms with Gasteiger partial charge in [-0.2, -0.15) is 0 Å². The van der Waals surface area contributed by atoms with Gasteiger partial charge in [0.05, 0.1) is 13.2 Å². The van der Waals surface area contributed by atoms with Crippen molar-refractivity contribution < 1.29 is 9.84 Å². The number of nitrogens with zero attached hydrogens (tertiary/aromatic N) is 2. The Labute approximate surface area is 160 Å². The van der Waals surface area contributed by atoms with Gasteiger partial charge in [-0.25, -0.2) is 4.98 Å². The third kappa shape index (κ3) is 3.96. The van der Waals surface area contributed by atoms with Crippen molar-refractivity contribution in [2.75, 3.05) is 18.0 Å². The summed E-state index contributed by atoms with van der Waals surface area (Å²) in [5.41, 5.74) is 5.44. The second kappa shape index (κ2) is 7.80. The number of benzene rings is 2. The Kier molecular flexibility index (Phi) is 5.07. The first-order valence-electron chi connectivity index (χ1n) is 9.36. The number of aryl methyl sites for hydroxylation is 1. The number of aliphatic hydroxyl groups excluding tert-OH is 1. The minimum absolute atomic E-state index is 0.0253. The van der Waals surface area contributed by atoms with Gasteiger partial charge in [-0.1, -0.05) is 42.5 Å². The van der Waals surface area contributed by atoms with Crippen molar-refractivity contribution in [2.24, 2.45) is 0 Å². The monoisotopic (exact) mass is 360 g/mol. The summed E-state index contributed by atoms with van der Waals surface area (Å²) >= 11 is 0. The summed E-state index contributed by atoms with van der Waals surface area (Å²) in [6, 6.07) is 20.5. The summed E-state index contributed by atoms with van der Waals surface area (Å²) in [6.07, 6.45) is 2.88. The zero-order valence-corrected chi connectivity index (χ0v) is 15.5. The maximum absolute atomic E-state index is 9.91. The molecule has 0 saturated carbocycles. The lowest BCUT2D eigenvalue weighted by molar-refractivity contribution is 0.215. The van der Waals surface area contributed by atoms with E-state index in [1.54, 1.807) is 0 Å². The highest BCUT2D eigenvalue weighted by molar-refractivity contribution is 5.69. The Morgan fingerprint density at radius 1 is 1.07 bits per heavy atom. The molecule has 27 heavy (non-hydrogen) atoms. The van der Waals surface area contributed by atoms with Crippen LogP contribution in [0.1, 0.15) is 17.5 Å². The van der Waals surface area contributed by atoms with E-state index in [1.165, 1.54) is 0 Å². The Hall–Kier alpha value is -2.85. The van der Waals surface area contributed by atoms with Crippen molar-refractivity contribution in [3.63, 3.8) is 0 Å². The van der Waals surface area contributed by atoms with Crippen LogP contribution in [0.15, 0.2) is 66.9 Å². The first-order valence-corrected chi connectivity index (χ1v) is 9.36. The minimum Gasteiger partial charge on any atom is -0.472 e. The standard InChI is InChI=1S/C23H24N2O2/c1-17-7-10-23(24-14-17)27-21-11-12-25(15-21)22-9-8-19(13-20(22)16-26)18-5-3-2-4-6-18/h2-10,13-14,21,26H,11-12,15-16H2,1H3/t21-/m0/s1. The van der Waals surface area contributed by atoms with E-state index in [2.05, 4.69) is 40.2 Å². The van der Waals surface area contributed by atoms with Crippen LogP contribution in [0, 0.1) is 6.92 Å². The van der Waals surface area contributed by atoms with Crippen LogP contribution in [-0.2, 0) is 6.61 Å². The van der Waals surface area contributed by atoms with Crippen molar-refractivity contribution in [2.45, 2.75) is 26.1 Å². The highest BCUT2D eigenvalue weighted by atomic mass is 16.5. The summed E-state index contributed by atoms with van der Waals surface area (Å²) in [4.78, 5) is 6.63. The van der Waals surface area contributed by atoms with Gasteiger partial charge in [0.15, 0.2) is 0 Å². The van der Waals surface area contributed by atoms with Crippen molar-refractivity contribution in [1.29, 1.82) is 0 Å². The topological polar surface area (TPSA) is 45.6 Å². The highest BCUT2D eigenvalue weighted by Crippen LogP contribution is 2.30.